The molecule has 0 radical (unpaired) electrons. The Morgan fingerprint density at radius 1 is 1.19 bits per heavy atom. The number of aromatic nitrogens is 1. The van der Waals surface area contributed by atoms with Crippen molar-refractivity contribution >= 4 is 45.2 Å². The van der Waals surface area contributed by atoms with Gasteiger partial charge in [-0.2, -0.15) is 4.99 Å². The molecule has 3 aromatic rings. The van der Waals surface area contributed by atoms with E-state index in [0.717, 1.165) is 21.3 Å². The van der Waals surface area contributed by atoms with Gasteiger partial charge >= 0.3 is 5.97 Å². The largest absolute Gasteiger partial charge is 0.465 e. The van der Waals surface area contributed by atoms with Crippen LogP contribution < -0.4 is 4.80 Å². The van der Waals surface area contributed by atoms with E-state index in [-0.39, 0.29) is 18.8 Å². The molecule has 0 unspecified atom stereocenters. The number of hydrogen-bond donors (Lipinski definition) is 0. The van der Waals surface area contributed by atoms with Gasteiger partial charge in [-0.1, -0.05) is 11.3 Å². The number of nitro benzene ring substituents is 1. The van der Waals surface area contributed by atoms with E-state index in [1.165, 1.54) is 35.6 Å². The molecule has 160 valence electrons. The minimum Gasteiger partial charge on any atom is -0.465 e. The van der Waals surface area contributed by atoms with Gasteiger partial charge in [0.2, 0.25) is 0 Å². The third kappa shape index (κ3) is 5.32. The van der Waals surface area contributed by atoms with Crippen LogP contribution in [0.25, 0.3) is 16.3 Å². The number of esters is 1. The summed E-state index contributed by atoms with van der Waals surface area (Å²) < 4.78 is 7.66. The lowest BCUT2D eigenvalue weighted by atomic mass is 10.1. The van der Waals surface area contributed by atoms with Crippen molar-refractivity contribution in [2.75, 3.05) is 6.61 Å². The van der Waals surface area contributed by atoms with Crippen LogP contribution in [-0.4, -0.2) is 28.0 Å². The molecule has 0 spiro atoms. The van der Waals surface area contributed by atoms with Crippen molar-refractivity contribution in [1.29, 1.82) is 0 Å². The number of benzene rings is 2. The van der Waals surface area contributed by atoms with Gasteiger partial charge in [0.05, 0.1) is 21.7 Å². The smallest absolute Gasteiger partial charge is 0.326 e. The number of thiazole rings is 1. The predicted octanol–water partition coefficient (Wildman–Crippen LogP) is 3.93. The van der Waals surface area contributed by atoms with Crippen LogP contribution in [0.1, 0.15) is 23.6 Å². The second-order valence-electron chi connectivity index (χ2n) is 6.81. The van der Waals surface area contributed by atoms with E-state index in [1.807, 2.05) is 26.0 Å². The molecule has 1 heterocycles. The molecule has 31 heavy (non-hydrogen) atoms. The lowest BCUT2D eigenvalue weighted by Crippen LogP contribution is -2.22. The molecule has 0 aliphatic carbocycles. The van der Waals surface area contributed by atoms with Crippen LogP contribution in [0.2, 0.25) is 0 Å². The maximum absolute atomic E-state index is 12.5. The molecular formula is C22H21N3O5S. The number of fused-ring (bicyclic) bond motifs is 1. The molecule has 9 heteroatoms. The topological polar surface area (TPSA) is 104 Å². The Kier molecular flexibility index (Phi) is 6.76. The fourth-order valence-corrected chi connectivity index (χ4v) is 4.02. The molecule has 1 aromatic heterocycles. The molecule has 0 N–H and O–H groups in total. The van der Waals surface area contributed by atoms with Gasteiger partial charge in [0.1, 0.15) is 6.54 Å². The highest BCUT2D eigenvalue weighted by atomic mass is 32.1. The van der Waals surface area contributed by atoms with Crippen molar-refractivity contribution in [3.05, 3.63) is 74.1 Å². The van der Waals surface area contributed by atoms with Gasteiger partial charge in [0, 0.05) is 18.2 Å². The zero-order valence-electron chi connectivity index (χ0n) is 17.3. The van der Waals surface area contributed by atoms with Crippen LogP contribution in [0, 0.1) is 24.0 Å². The lowest BCUT2D eigenvalue weighted by molar-refractivity contribution is -0.384. The SMILES string of the molecule is CCOC(=O)Cn1c(=NC(=O)/C=C\c2ccc([N+](=O)[O-])cc2)sc2cc(C)c(C)cc21. The number of nitrogens with zero attached hydrogens (tertiary/aromatic N) is 3. The van der Waals surface area contributed by atoms with Crippen molar-refractivity contribution < 1.29 is 19.2 Å². The molecule has 0 fully saturated rings. The van der Waals surface area contributed by atoms with E-state index in [2.05, 4.69) is 4.99 Å². The fourth-order valence-electron chi connectivity index (χ4n) is 2.90. The summed E-state index contributed by atoms with van der Waals surface area (Å²) in [7, 11) is 0. The van der Waals surface area contributed by atoms with Crippen molar-refractivity contribution in [2.45, 2.75) is 27.3 Å². The molecule has 0 saturated carbocycles. The van der Waals surface area contributed by atoms with E-state index < -0.39 is 16.8 Å². The van der Waals surface area contributed by atoms with Gasteiger partial charge in [0.25, 0.3) is 11.6 Å². The van der Waals surface area contributed by atoms with Crippen LogP contribution >= 0.6 is 11.3 Å². The Hall–Kier alpha value is -3.59. The average molecular weight is 439 g/mol. The summed E-state index contributed by atoms with van der Waals surface area (Å²) in [6.45, 7) is 5.94. The Morgan fingerprint density at radius 2 is 1.87 bits per heavy atom. The van der Waals surface area contributed by atoms with E-state index in [9.17, 15) is 19.7 Å². The molecule has 2 aromatic carbocycles. The summed E-state index contributed by atoms with van der Waals surface area (Å²) in [5.41, 5.74) is 3.60. The van der Waals surface area contributed by atoms with E-state index in [4.69, 9.17) is 4.74 Å². The highest BCUT2D eigenvalue weighted by molar-refractivity contribution is 7.16. The van der Waals surface area contributed by atoms with Gasteiger partial charge in [-0.3, -0.25) is 19.7 Å². The first kappa shape index (κ1) is 22.1. The van der Waals surface area contributed by atoms with Crippen LogP contribution in [0.4, 0.5) is 5.69 Å². The second kappa shape index (κ2) is 9.48. The minimum atomic E-state index is -0.504. The maximum atomic E-state index is 12.5. The van der Waals surface area contributed by atoms with E-state index >= 15 is 0 Å². The van der Waals surface area contributed by atoms with Gasteiger partial charge in [-0.05, 0) is 67.8 Å². The molecule has 0 saturated heterocycles. The molecule has 0 aliphatic heterocycles. The third-order valence-corrected chi connectivity index (χ3v) is 5.66. The van der Waals surface area contributed by atoms with Crippen LogP contribution in [0.5, 0.6) is 0 Å². The van der Waals surface area contributed by atoms with Crippen molar-refractivity contribution in [1.82, 2.24) is 4.57 Å². The zero-order valence-corrected chi connectivity index (χ0v) is 18.1. The maximum Gasteiger partial charge on any atom is 0.326 e. The molecule has 0 atom stereocenters. The van der Waals surface area contributed by atoms with E-state index in [0.29, 0.717) is 10.4 Å². The number of nitro groups is 1. The highest BCUT2D eigenvalue weighted by Crippen LogP contribution is 2.22. The highest BCUT2D eigenvalue weighted by Gasteiger charge is 2.13. The van der Waals surface area contributed by atoms with Crippen LogP contribution in [0.15, 0.2) is 47.5 Å². The fraction of sp³-hybridized carbons (Fsp3) is 0.227. The van der Waals surface area contributed by atoms with E-state index in [1.54, 1.807) is 23.6 Å². The van der Waals surface area contributed by atoms with Gasteiger partial charge in [-0.15, -0.1) is 0 Å². The zero-order chi connectivity index (χ0) is 22.5. The molecule has 8 nitrogen and oxygen atoms in total. The molecule has 3 rings (SSSR count). The summed E-state index contributed by atoms with van der Waals surface area (Å²) in [6.07, 6.45) is 2.82. The summed E-state index contributed by atoms with van der Waals surface area (Å²) in [5, 5.41) is 10.7. The number of carbonyl (C=O) groups excluding carboxylic acids is 2. The molecular weight excluding hydrogens is 418 g/mol. The monoisotopic (exact) mass is 439 g/mol. The Labute approximate surface area is 182 Å². The number of ether oxygens (including phenoxy) is 1. The summed E-state index contributed by atoms with van der Waals surface area (Å²) in [5.74, 6) is -0.910. The summed E-state index contributed by atoms with van der Waals surface area (Å²) >= 11 is 1.32. The van der Waals surface area contributed by atoms with Crippen molar-refractivity contribution in [3.63, 3.8) is 0 Å². The summed E-state index contributed by atoms with van der Waals surface area (Å²) in [6, 6.07) is 9.81. The third-order valence-electron chi connectivity index (χ3n) is 4.62. The number of amides is 1. The number of non-ortho nitro benzene ring substituents is 1. The first-order valence-corrected chi connectivity index (χ1v) is 10.4. The lowest BCUT2D eigenvalue weighted by Gasteiger charge is -2.06. The van der Waals surface area contributed by atoms with Crippen LogP contribution in [-0.2, 0) is 20.9 Å². The van der Waals surface area contributed by atoms with Gasteiger partial charge in [0.15, 0.2) is 4.80 Å². The Bertz CT molecular complexity index is 1250. The normalized spacial score (nSPS) is 11.9. The molecule has 1 amide bonds. The number of hydrogen-bond acceptors (Lipinski definition) is 6. The first-order valence-electron chi connectivity index (χ1n) is 9.56. The molecule has 0 bridgehead atoms. The number of carbonyl (C=O) groups is 2. The predicted molar refractivity (Wildman–Crippen MR) is 119 cm³/mol. The quantitative estimate of drug-likeness (QED) is 0.250. The first-order chi connectivity index (χ1) is 14.8. The Morgan fingerprint density at radius 3 is 2.52 bits per heavy atom. The van der Waals surface area contributed by atoms with Crippen LogP contribution in [0.3, 0.4) is 0 Å². The molecule has 0 aliphatic rings. The number of aryl methyl sites for hydroxylation is 2. The Balaban J connectivity index is 1.96. The van der Waals surface area contributed by atoms with Gasteiger partial charge < -0.3 is 9.30 Å². The van der Waals surface area contributed by atoms with Gasteiger partial charge in [-0.25, -0.2) is 0 Å². The van der Waals surface area contributed by atoms with Crippen molar-refractivity contribution in [3.8, 4) is 0 Å². The van der Waals surface area contributed by atoms with Crippen molar-refractivity contribution in [2.24, 2.45) is 4.99 Å². The second-order valence-corrected chi connectivity index (χ2v) is 7.82. The standard InChI is InChI=1S/C22H21N3O5S/c1-4-30-21(27)13-24-18-11-14(2)15(3)12-19(18)31-22(24)23-20(26)10-7-16-5-8-17(9-6-16)25(28)29/h5-12H,4,13H2,1-3H3/b10-7-,23-22?. The number of rotatable bonds is 6. The minimum absolute atomic E-state index is 0.0240. The average Bonchev–Trinajstić information content (AvgIpc) is 3.03. The summed E-state index contributed by atoms with van der Waals surface area (Å²) in [4.78, 5) is 39.4.